The summed E-state index contributed by atoms with van der Waals surface area (Å²) in [6.07, 6.45) is 3.54. The Morgan fingerprint density at radius 2 is 2.29 bits per heavy atom. The van der Waals surface area contributed by atoms with Crippen LogP contribution in [-0.4, -0.2) is 18.1 Å². The van der Waals surface area contributed by atoms with Gasteiger partial charge < -0.3 is 5.32 Å². The van der Waals surface area contributed by atoms with Gasteiger partial charge in [0.1, 0.15) is 10.8 Å². The fourth-order valence-corrected chi connectivity index (χ4v) is 4.24. The molecule has 4 heteroatoms. The van der Waals surface area contributed by atoms with Crippen molar-refractivity contribution in [3.8, 4) is 10.6 Å². The van der Waals surface area contributed by atoms with Crippen LogP contribution < -0.4 is 5.32 Å². The summed E-state index contributed by atoms with van der Waals surface area (Å²) in [7, 11) is 0. The summed E-state index contributed by atoms with van der Waals surface area (Å²) < 4.78 is 13.5. The molecular formula is C17H21FN2S. The van der Waals surface area contributed by atoms with Gasteiger partial charge in [-0.1, -0.05) is 13.0 Å². The first-order chi connectivity index (χ1) is 10.2. The number of aromatic nitrogens is 1. The number of hydrogen-bond donors (Lipinski definition) is 1. The molecule has 0 bridgehead atoms. The van der Waals surface area contributed by atoms with Gasteiger partial charge in [-0.25, -0.2) is 9.37 Å². The molecule has 1 atom stereocenters. The molecule has 0 fully saturated rings. The fraction of sp³-hybridized carbons (Fsp3) is 0.471. The second kappa shape index (κ2) is 6.24. The average Bonchev–Trinajstić information content (AvgIpc) is 2.92. The molecule has 0 saturated heterocycles. The van der Waals surface area contributed by atoms with Gasteiger partial charge in [0.25, 0.3) is 0 Å². The zero-order valence-corrected chi connectivity index (χ0v) is 13.4. The summed E-state index contributed by atoms with van der Waals surface area (Å²) in [5.74, 6) is 0.320. The van der Waals surface area contributed by atoms with Gasteiger partial charge in [-0.2, -0.15) is 0 Å². The molecule has 1 aromatic carbocycles. The summed E-state index contributed by atoms with van der Waals surface area (Å²) in [6, 6.07) is 4.96. The molecule has 1 aliphatic carbocycles. The topological polar surface area (TPSA) is 24.9 Å². The molecule has 1 N–H and O–H groups in total. The number of hydrogen-bond acceptors (Lipinski definition) is 3. The van der Waals surface area contributed by atoms with Crippen molar-refractivity contribution in [1.82, 2.24) is 10.3 Å². The molecule has 0 aliphatic heterocycles. The van der Waals surface area contributed by atoms with Crippen LogP contribution in [0.2, 0.25) is 0 Å². The van der Waals surface area contributed by atoms with E-state index in [-0.39, 0.29) is 5.82 Å². The third-order valence-electron chi connectivity index (χ3n) is 4.14. The summed E-state index contributed by atoms with van der Waals surface area (Å²) in [5.41, 5.74) is 3.27. The van der Waals surface area contributed by atoms with E-state index < -0.39 is 0 Å². The lowest BCUT2D eigenvalue weighted by Gasteiger charge is -2.21. The van der Waals surface area contributed by atoms with E-state index in [1.165, 1.54) is 29.5 Å². The minimum Gasteiger partial charge on any atom is -0.316 e. The van der Waals surface area contributed by atoms with E-state index in [0.717, 1.165) is 35.6 Å². The van der Waals surface area contributed by atoms with Gasteiger partial charge in [0.2, 0.25) is 0 Å². The lowest BCUT2D eigenvalue weighted by molar-refractivity contribution is 0.509. The van der Waals surface area contributed by atoms with E-state index in [9.17, 15) is 4.39 Å². The highest BCUT2D eigenvalue weighted by molar-refractivity contribution is 7.15. The number of fused-ring (bicyclic) bond motifs is 1. The summed E-state index contributed by atoms with van der Waals surface area (Å²) in [5, 5.41) is 4.41. The molecule has 1 aromatic heterocycles. The predicted molar refractivity (Wildman–Crippen MR) is 86.5 cm³/mol. The largest absolute Gasteiger partial charge is 0.316 e. The number of benzene rings is 1. The van der Waals surface area contributed by atoms with Gasteiger partial charge in [-0.3, -0.25) is 0 Å². The Bertz CT molecular complexity index is 636. The second-order valence-corrected chi connectivity index (χ2v) is 6.77. The van der Waals surface area contributed by atoms with E-state index >= 15 is 0 Å². The Morgan fingerprint density at radius 1 is 1.43 bits per heavy atom. The molecule has 3 rings (SSSR count). The number of aryl methyl sites for hydroxylation is 2. The third-order valence-corrected chi connectivity index (χ3v) is 5.31. The predicted octanol–water partition coefficient (Wildman–Crippen LogP) is 4.29. The van der Waals surface area contributed by atoms with Crippen LogP contribution in [0.1, 0.15) is 41.8 Å². The average molecular weight is 304 g/mol. The summed E-state index contributed by atoms with van der Waals surface area (Å²) >= 11 is 1.74. The van der Waals surface area contributed by atoms with Crippen molar-refractivity contribution in [3.63, 3.8) is 0 Å². The minimum atomic E-state index is -0.187. The maximum absolute atomic E-state index is 13.5. The van der Waals surface area contributed by atoms with E-state index in [2.05, 4.69) is 12.2 Å². The van der Waals surface area contributed by atoms with E-state index in [4.69, 9.17) is 4.98 Å². The number of halogens is 1. The zero-order chi connectivity index (χ0) is 14.8. The summed E-state index contributed by atoms with van der Waals surface area (Å²) in [4.78, 5) is 6.26. The monoisotopic (exact) mass is 304 g/mol. The third kappa shape index (κ3) is 3.01. The molecule has 1 heterocycles. The number of nitrogens with zero attached hydrogens (tertiary/aromatic N) is 1. The maximum Gasteiger partial charge on any atom is 0.124 e. The fourth-order valence-electron chi connectivity index (χ4n) is 2.96. The van der Waals surface area contributed by atoms with Crippen LogP contribution in [0.5, 0.6) is 0 Å². The number of nitrogens with one attached hydrogen (secondary N) is 1. The standard InChI is InChI=1S/C17H21FN2S/c1-3-19-10-12-5-4-6-15-16(12)20-17(21-15)14-9-13(18)8-7-11(14)2/h7-9,12,19H,3-6,10H2,1-2H3. The van der Waals surface area contributed by atoms with Gasteiger partial charge >= 0.3 is 0 Å². The van der Waals surface area contributed by atoms with Crippen molar-refractivity contribution in [1.29, 1.82) is 0 Å². The quantitative estimate of drug-likeness (QED) is 0.911. The number of thiazole rings is 1. The molecule has 0 radical (unpaired) electrons. The Hall–Kier alpha value is -1.26. The Balaban J connectivity index is 1.96. The van der Waals surface area contributed by atoms with E-state index in [1.54, 1.807) is 17.4 Å². The Morgan fingerprint density at radius 3 is 3.10 bits per heavy atom. The summed E-state index contributed by atoms with van der Waals surface area (Å²) in [6.45, 7) is 6.14. The smallest absolute Gasteiger partial charge is 0.124 e. The van der Waals surface area contributed by atoms with Crippen molar-refractivity contribution in [2.45, 2.75) is 39.0 Å². The van der Waals surface area contributed by atoms with Crippen LogP contribution in [-0.2, 0) is 6.42 Å². The van der Waals surface area contributed by atoms with Crippen molar-refractivity contribution < 1.29 is 4.39 Å². The van der Waals surface area contributed by atoms with Crippen LogP contribution >= 0.6 is 11.3 Å². The van der Waals surface area contributed by atoms with Crippen molar-refractivity contribution in [3.05, 3.63) is 40.2 Å². The second-order valence-electron chi connectivity index (χ2n) is 5.68. The van der Waals surface area contributed by atoms with E-state index in [0.29, 0.717) is 5.92 Å². The van der Waals surface area contributed by atoms with Gasteiger partial charge in [0, 0.05) is 22.9 Å². The Kier molecular flexibility index (Phi) is 4.36. The van der Waals surface area contributed by atoms with Crippen molar-refractivity contribution >= 4 is 11.3 Å². The molecule has 112 valence electrons. The van der Waals surface area contributed by atoms with Crippen molar-refractivity contribution in [2.75, 3.05) is 13.1 Å². The zero-order valence-electron chi connectivity index (χ0n) is 12.6. The van der Waals surface area contributed by atoms with E-state index in [1.807, 2.05) is 13.0 Å². The Labute approximate surface area is 129 Å². The van der Waals surface area contributed by atoms with Crippen LogP contribution in [0.25, 0.3) is 10.6 Å². The highest BCUT2D eigenvalue weighted by atomic mass is 32.1. The minimum absolute atomic E-state index is 0.187. The molecule has 1 aliphatic rings. The first kappa shape index (κ1) is 14.7. The molecule has 21 heavy (non-hydrogen) atoms. The molecular weight excluding hydrogens is 283 g/mol. The van der Waals surface area contributed by atoms with Gasteiger partial charge in [0.05, 0.1) is 5.69 Å². The molecule has 0 amide bonds. The van der Waals surface area contributed by atoms with Gasteiger partial charge in [-0.05, 0) is 50.4 Å². The number of rotatable bonds is 4. The van der Waals surface area contributed by atoms with Crippen LogP contribution in [0.15, 0.2) is 18.2 Å². The lowest BCUT2D eigenvalue weighted by atomic mass is 9.91. The first-order valence-electron chi connectivity index (χ1n) is 7.66. The van der Waals surface area contributed by atoms with Gasteiger partial charge in [-0.15, -0.1) is 11.3 Å². The molecule has 2 aromatic rings. The first-order valence-corrected chi connectivity index (χ1v) is 8.47. The molecule has 0 saturated carbocycles. The maximum atomic E-state index is 13.5. The SMILES string of the molecule is CCNCC1CCCc2sc(-c3cc(F)ccc3C)nc21. The van der Waals surface area contributed by atoms with Crippen LogP contribution in [0, 0.1) is 12.7 Å². The van der Waals surface area contributed by atoms with Crippen LogP contribution in [0.3, 0.4) is 0 Å². The molecule has 1 unspecified atom stereocenters. The highest BCUT2D eigenvalue weighted by Gasteiger charge is 2.25. The molecule has 0 spiro atoms. The van der Waals surface area contributed by atoms with Crippen molar-refractivity contribution in [2.24, 2.45) is 0 Å². The highest BCUT2D eigenvalue weighted by Crippen LogP contribution is 2.38. The molecule has 2 nitrogen and oxygen atoms in total. The van der Waals surface area contributed by atoms with Crippen LogP contribution in [0.4, 0.5) is 4.39 Å². The van der Waals surface area contributed by atoms with Gasteiger partial charge in [0.15, 0.2) is 0 Å². The normalized spacial score (nSPS) is 17.8. The number of likely N-dealkylation sites (N-methyl/N-ethyl adjacent to an activating group) is 1. The lowest BCUT2D eigenvalue weighted by Crippen LogP contribution is -2.23.